The Bertz CT molecular complexity index is 828. The molecule has 2 unspecified atom stereocenters. The van der Waals surface area contributed by atoms with E-state index in [1.54, 1.807) is 0 Å². The molecule has 0 fully saturated rings. The summed E-state index contributed by atoms with van der Waals surface area (Å²) in [6, 6.07) is -0.871. The number of esters is 1. The van der Waals surface area contributed by atoms with Crippen LogP contribution in [-0.4, -0.2) is 41.6 Å². The van der Waals surface area contributed by atoms with E-state index in [9.17, 15) is 19.5 Å². The lowest BCUT2D eigenvalue weighted by Gasteiger charge is -2.15. The van der Waals surface area contributed by atoms with E-state index in [1.165, 1.54) is 109 Å². The molecule has 0 bridgehead atoms. The smallest absolute Gasteiger partial charge is 0.326 e. The van der Waals surface area contributed by atoms with Gasteiger partial charge in [0.1, 0.15) is 12.1 Å². The zero-order valence-corrected chi connectivity index (χ0v) is 32.0. The zero-order valence-electron chi connectivity index (χ0n) is 32.0. The number of hydrogen-bond donors (Lipinski definition) is 3. The fourth-order valence-electron chi connectivity index (χ4n) is 6.09. The molecular formula is C42H78N2O5. The van der Waals surface area contributed by atoms with Gasteiger partial charge in [-0.2, -0.15) is 0 Å². The summed E-state index contributed by atoms with van der Waals surface area (Å²) in [5.74, 6) is -1.35. The summed E-state index contributed by atoms with van der Waals surface area (Å²) >= 11 is 0. The summed E-state index contributed by atoms with van der Waals surface area (Å²) in [7, 11) is 0. The Kier molecular flexibility index (Phi) is 35.5. The summed E-state index contributed by atoms with van der Waals surface area (Å²) in [5.41, 5.74) is 5.47. The highest BCUT2D eigenvalue weighted by atomic mass is 16.5. The van der Waals surface area contributed by atoms with Crippen LogP contribution in [0, 0.1) is 0 Å². The van der Waals surface area contributed by atoms with Gasteiger partial charge >= 0.3 is 11.9 Å². The molecule has 49 heavy (non-hydrogen) atoms. The van der Waals surface area contributed by atoms with Crippen molar-refractivity contribution in [3.05, 3.63) is 24.3 Å². The van der Waals surface area contributed by atoms with Crippen LogP contribution in [0.5, 0.6) is 0 Å². The number of carbonyl (C=O) groups excluding carboxylic acids is 2. The van der Waals surface area contributed by atoms with E-state index in [-0.39, 0.29) is 18.0 Å². The molecule has 7 heteroatoms. The van der Waals surface area contributed by atoms with E-state index in [1.807, 2.05) is 6.08 Å². The van der Waals surface area contributed by atoms with Crippen LogP contribution < -0.4 is 11.1 Å². The summed E-state index contributed by atoms with van der Waals surface area (Å²) in [5, 5.41) is 11.9. The molecule has 0 aromatic carbocycles. The van der Waals surface area contributed by atoms with Crippen LogP contribution in [0.15, 0.2) is 24.3 Å². The number of ether oxygens (including phenoxy) is 1. The standard InChI is InChI=1S/C42H78N2O5/c1-3-5-7-9-11-12-13-14-15-16-17-18-19-20-22-24-30-36-41(46)49-38(32-27-23-21-10-8-6-4-2)33-28-25-26-29-35-40(45)44-39(42(47)48)34-31-37-43/h10,21,27,32,38-39H,3-9,11-20,22-26,28-31,33-37,43H2,1-2H3,(H,44,45)(H,47,48)/b21-10-,32-27-. The minimum Gasteiger partial charge on any atom is -0.480 e. The van der Waals surface area contributed by atoms with Gasteiger partial charge < -0.3 is 20.9 Å². The molecule has 4 N–H and O–H groups in total. The first-order chi connectivity index (χ1) is 23.9. The van der Waals surface area contributed by atoms with Crippen LogP contribution in [0.4, 0.5) is 0 Å². The van der Waals surface area contributed by atoms with Crippen molar-refractivity contribution in [2.75, 3.05) is 6.54 Å². The molecule has 0 aliphatic rings. The Hall–Kier alpha value is -2.15. The van der Waals surface area contributed by atoms with Crippen LogP contribution in [0.3, 0.4) is 0 Å². The number of unbranched alkanes of at least 4 members (excludes halogenated alkanes) is 21. The maximum Gasteiger partial charge on any atom is 0.326 e. The molecule has 286 valence electrons. The minimum absolute atomic E-state index is 0.103. The highest BCUT2D eigenvalue weighted by Gasteiger charge is 2.19. The lowest BCUT2D eigenvalue weighted by atomic mass is 10.0. The number of aliphatic carboxylic acids is 1. The number of rotatable bonds is 37. The van der Waals surface area contributed by atoms with Crippen LogP contribution in [-0.2, 0) is 19.1 Å². The number of allylic oxidation sites excluding steroid dienone is 3. The number of carboxylic acids is 1. The van der Waals surface area contributed by atoms with Crippen LogP contribution >= 0.6 is 0 Å². The summed E-state index contributed by atoms with van der Waals surface area (Å²) in [6.45, 7) is 4.88. The Balaban J connectivity index is 4.18. The van der Waals surface area contributed by atoms with E-state index >= 15 is 0 Å². The van der Waals surface area contributed by atoms with Gasteiger partial charge in [0, 0.05) is 12.8 Å². The summed E-state index contributed by atoms with van der Waals surface area (Å²) < 4.78 is 5.89. The van der Waals surface area contributed by atoms with Crippen molar-refractivity contribution in [2.45, 2.75) is 219 Å². The Morgan fingerprint density at radius 2 is 1.12 bits per heavy atom. The van der Waals surface area contributed by atoms with Crippen LogP contribution in [0.2, 0.25) is 0 Å². The molecule has 0 heterocycles. The van der Waals surface area contributed by atoms with Crippen molar-refractivity contribution in [1.29, 1.82) is 0 Å². The van der Waals surface area contributed by atoms with E-state index in [4.69, 9.17) is 10.5 Å². The molecule has 0 aliphatic carbocycles. The molecule has 0 radical (unpaired) electrons. The Morgan fingerprint density at radius 1 is 0.612 bits per heavy atom. The third-order valence-corrected chi connectivity index (χ3v) is 9.25. The van der Waals surface area contributed by atoms with Gasteiger partial charge in [0.25, 0.3) is 0 Å². The normalized spacial score (nSPS) is 12.9. The first-order valence-electron chi connectivity index (χ1n) is 20.7. The molecule has 0 aromatic rings. The van der Waals surface area contributed by atoms with Gasteiger partial charge in [-0.1, -0.05) is 160 Å². The van der Waals surface area contributed by atoms with Crippen LogP contribution in [0.25, 0.3) is 0 Å². The van der Waals surface area contributed by atoms with Gasteiger partial charge in [0.15, 0.2) is 0 Å². The first kappa shape index (κ1) is 46.9. The number of nitrogens with two attached hydrogens (primary N) is 1. The van der Waals surface area contributed by atoms with Gasteiger partial charge in [-0.3, -0.25) is 9.59 Å². The average Bonchev–Trinajstić information content (AvgIpc) is 3.08. The fraction of sp³-hybridized carbons (Fsp3) is 0.833. The van der Waals surface area contributed by atoms with E-state index in [0.717, 1.165) is 51.4 Å². The second-order valence-corrected chi connectivity index (χ2v) is 14.1. The molecule has 7 nitrogen and oxygen atoms in total. The fourth-order valence-corrected chi connectivity index (χ4v) is 6.09. The average molecular weight is 691 g/mol. The van der Waals surface area contributed by atoms with Crippen molar-refractivity contribution in [3.8, 4) is 0 Å². The van der Waals surface area contributed by atoms with E-state index in [0.29, 0.717) is 38.6 Å². The van der Waals surface area contributed by atoms with E-state index in [2.05, 4.69) is 37.4 Å². The number of hydrogen-bond acceptors (Lipinski definition) is 5. The zero-order chi connectivity index (χ0) is 36.0. The monoisotopic (exact) mass is 691 g/mol. The molecule has 0 spiro atoms. The molecular weight excluding hydrogens is 612 g/mol. The molecule has 0 saturated carbocycles. The van der Waals surface area contributed by atoms with Crippen molar-refractivity contribution >= 4 is 17.8 Å². The molecule has 0 aromatic heterocycles. The van der Waals surface area contributed by atoms with Gasteiger partial charge in [0.2, 0.25) is 5.91 Å². The third kappa shape index (κ3) is 34.1. The highest BCUT2D eigenvalue weighted by Crippen LogP contribution is 2.16. The minimum atomic E-state index is -1.02. The number of carbonyl (C=O) groups is 3. The maximum atomic E-state index is 12.7. The van der Waals surface area contributed by atoms with Crippen molar-refractivity contribution in [3.63, 3.8) is 0 Å². The number of amides is 1. The molecule has 0 aliphatic heterocycles. The molecule has 0 saturated heterocycles. The predicted molar refractivity (Wildman–Crippen MR) is 207 cm³/mol. The lowest BCUT2D eigenvalue weighted by Crippen LogP contribution is -2.40. The SMILES string of the molecule is CCCC/C=C\C/C=C\C(CCCCCCC(=O)NC(CCCN)C(=O)O)OC(=O)CCCCCCCCCCCCCCCCCCC. The van der Waals surface area contributed by atoms with Crippen molar-refractivity contribution in [2.24, 2.45) is 5.73 Å². The highest BCUT2D eigenvalue weighted by molar-refractivity contribution is 5.83. The second kappa shape index (κ2) is 37.1. The predicted octanol–water partition coefficient (Wildman–Crippen LogP) is 11.3. The van der Waals surface area contributed by atoms with Gasteiger partial charge in [-0.25, -0.2) is 4.79 Å². The number of nitrogens with one attached hydrogen (secondary N) is 1. The van der Waals surface area contributed by atoms with Gasteiger partial charge in [0.05, 0.1) is 0 Å². The quantitative estimate of drug-likeness (QED) is 0.0339. The first-order valence-corrected chi connectivity index (χ1v) is 20.7. The lowest BCUT2D eigenvalue weighted by molar-refractivity contribution is -0.147. The summed E-state index contributed by atoms with van der Waals surface area (Å²) in [6.07, 6.45) is 41.0. The Labute approximate surface area is 302 Å². The van der Waals surface area contributed by atoms with Gasteiger partial charge in [-0.15, -0.1) is 0 Å². The number of carboxylic acid groups (broad SMARTS) is 1. The van der Waals surface area contributed by atoms with Crippen molar-refractivity contribution < 1.29 is 24.2 Å². The summed E-state index contributed by atoms with van der Waals surface area (Å²) in [4.78, 5) is 36.2. The van der Waals surface area contributed by atoms with Crippen LogP contribution in [0.1, 0.15) is 206 Å². The Morgan fingerprint density at radius 3 is 1.65 bits per heavy atom. The largest absolute Gasteiger partial charge is 0.480 e. The molecule has 0 rings (SSSR count). The van der Waals surface area contributed by atoms with E-state index < -0.39 is 12.0 Å². The maximum absolute atomic E-state index is 12.7. The molecule has 1 amide bonds. The molecule has 2 atom stereocenters. The second-order valence-electron chi connectivity index (χ2n) is 14.1. The van der Waals surface area contributed by atoms with Gasteiger partial charge in [-0.05, 0) is 64.0 Å². The third-order valence-electron chi connectivity index (χ3n) is 9.25. The van der Waals surface area contributed by atoms with Crippen molar-refractivity contribution in [1.82, 2.24) is 5.32 Å². The topological polar surface area (TPSA) is 119 Å².